The van der Waals surface area contributed by atoms with E-state index in [1.165, 1.54) is 0 Å². The van der Waals surface area contributed by atoms with Crippen molar-refractivity contribution in [2.45, 2.75) is 40.0 Å². The SMILES string of the molecule is CCCOB1N(C)B(OCCC)N(C)B(OCCC)N1C. The number of nitrogens with zero attached hydrogens (tertiary/aromatic N) is 3. The van der Waals surface area contributed by atoms with Crippen LogP contribution >= 0.6 is 0 Å². The van der Waals surface area contributed by atoms with Crippen LogP contribution in [0.5, 0.6) is 0 Å². The van der Waals surface area contributed by atoms with Gasteiger partial charge in [0.15, 0.2) is 0 Å². The summed E-state index contributed by atoms with van der Waals surface area (Å²) < 4.78 is 24.3. The van der Waals surface area contributed by atoms with Crippen molar-refractivity contribution < 1.29 is 14.0 Å². The molecule has 1 fully saturated rings. The average molecular weight is 297 g/mol. The molecule has 6 nitrogen and oxygen atoms in total. The van der Waals surface area contributed by atoms with Gasteiger partial charge in [0.2, 0.25) is 0 Å². The quantitative estimate of drug-likeness (QED) is 0.592. The molecule has 0 aliphatic carbocycles. The molecule has 120 valence electrons. The molecule has 1 heterocycles. The topological polar surface area (TPSA) is 37.4 Å². The third kappa shape index (κ3) is 4.98. The Labute approximate surface area is 131 Å². The van der Waals surface area contributed by atoms with Crippen LogP contribution in [0.3, 0.4) is 0 Å². The molecule has 0 amide bonds. The predicted molar refractivity (Wildman–Crippen MR) is 89.3 cm³/mol. The lowest BCUT2D eigenvalue weighted by atomic mass is 9.63. The molecule has 0 bridgehead atoms. The summed E-state index contributed by atoms with van der Waals surface area (Å²) in [6, 6.07) is 0. The zero-order valence-electron chi connectivity index (χ0n) is 14.5. The van der Waals surface area contributed by atoms with Crippen molar-refractivity contribution in [3.63, 3.8) is 0 Å². The highest BCUT2D eigenvalue weighted by molar-refractivity contribution is 6.79. The highest BCUT2D eigenvalue weighted by atomic mass is 16.5. The second kappa shape index (κ2) is 9.87. The van der Waals surface area contributed by atoms with Gasteiger partial charge in [-0.15, -0.1) is 0 Å². The lowest BCUT2D eigenvalue weighted by Crippen LogP contribution is -2.77. The van der Waals surface area contributed by atoms with E-state index in [0.717, 1.165) is 39.1 Å². The summed E-state index contributed by atoms with van der Waals surface area (Å²) in [5.74, 6) is 0. The Kier molecular flexibility index (Phi) is 8.93. The van der Waals surface area contributed by atoms with Crippen molar-refractivity contribution >= 4 is 21.6 Å². The standard InChI is InChI=1S/C12H30B3N3O3/c1-7-10-19-13-16(4)14(20-11-8-2)18(6)15(17(13)5)21-12-9-3/h7-12H2,1-6H3. The van der Waals surface area contributed by atoms with Gasteiger partial charge in [0.25, 0.3) is 0 Å². The summed E-state index contributed by atoms with van der Waals surface area (Å²) in [6.45, 7) is 8.53. The van der Waals surface area contributed by atoms with Gasteiger partial charge in [-0.05, 0) is 40.4 Å². The number of hydrogen-bond donors (Lipinski definition) is 0. The van der Waals surface area contributed by atoms with Crippen LogP contribution in [0.15, 0.2) is 0 Å². The number of rotatable bonds is 9. The van der Waals surface area contributed by atoms with Gasteiger partial charge in [0, 0.05) is 19.8 Å². The molecular weight excluding hydrogens is 267 g/mol. The molecule has 0 N–H and O–H groups in total. The van der Waals surface area contributed by atoms with E-state index in [1.54, 1.807) is 0 Å². The molecule has 1 rings (SSSR count). The molecule has 0 aromatic rings. The summed E-state index contributed by atoms with van der Waals surface area (Å²) in [5, 5.41) is 0. The van der Waals surface area contributed by atoms with E-state index in [0.29, 0.717) is 0 Å². The van der Waals surface area contributed by atoms with Gasteiger partial charge in [-0.2, -0.15) is 0 Å². The van der Waals surface area contributed by atoms with Gasteiger partial charge >= 0.3 is 21.6 Å². The highest BCUT2D eigenvalue weighted by Crippen LogP contribution is 2.18. The minimum absolute atomic E-state index is 0.134. The summed E-state index contributed by atoms with van der Waals surface area (Å²) in [6.07, 6.45) is 2.99. The van der Waals surface area contributed by atoms with Gasteiger partial charge in [0.1, 0.15) is 0 Å². The molecule has 1 aliphatic heterocycles. The van der Waals surface area contributed by atoms with Crippen LogP contribution in [0, 0.1) is 0 Å². The van der Waals surface area contributed by atoms with Crippen LogP contribution in [0.25, 0.3) is 0 Å². The van der Waals surface area contributed by atoms with Gasteiger partial charge < -0.3 is 28.1 Å². The molecule has 0 aromatic heterocycles. The molecule has 0 aromatic carbocycles. The van der Waals surface area contributed by atoms with Crippen molar-refractivity contribution in [3.8, 4) is 0 Å². The zero-order chi connectivity index (χ0) is 15.8. The van der Waals surface area contributed by atoms with Crippen LogP contribution in [0.1, 0.15) is 40.0 Å². The van der Waals surface area contributed by atoms with Crippen LogP contribution in [0.2, 0.25) is 0 Å². The van der Waals surface area contributed by atoms with Crippen molar-refractivity contribution in [3.05, 3.63) is 0 Å². The van der Waals surface area contributed by atoms with Gasteiger partial charge in [-0.3, -0.25) is 0 Å². The second-order valence-corrected chi connectivity index (χ2v) is 5.59. The molecule has 0 saturated carbocycles. The Morgan fingerprint density at radius 1 is 0.571 bits per heavy atom. The van der Waals surface area contributed by atoms with Crippen molar-refractivity contribution in [1.82, 2.24) is 14.2 Å². The predicted octanol–water partition coefficient (Wildman–Crippen LogP) is 1.03. The fraction of sp³-hybridized carbons (Fsp3) is 1.00. The monoisotopic (exact) mass is 297 g/mol. The maximum absolute atomic E-state index is 5.99. The van der Waals surface area contributed by atoms with Crippen molar-refractivity contribution in [1.29, 1.82) is 0 Å². The summed E-state index contributed by atoms with van der Waals surface area (Å²) in [5.41, 5.74) is 0. The summed E-state index contributed by atoms with van der Waals surface area (Å²) in [7, 11) is 5.69. The van der Waals surface area contributed by atoms with Crippen LogP contribution < -0.4 is 0 Å². The molecule has 0 unspecified atom stereocenters. The second-order valence-electron chi connectivity index (χ2n) is 5.59. The fourth-order valence-electron chi connectivity index (χ4n) is 2.56. The van der Waals surface area contributed by atoms with E-state index in [1.807, 2.05) is 21.1 Å². The van der Waals surface area contributed by atoms with E-state index < -0.39 is 0 Å². The Morgan fingerprint density at radius 3 is 1.00 bits per heavy atom. The lowest BCUT2D eigenvalue weighted by molar-refractivity contribution is 0.183. The number of hydrogen-bond acceptors (Lipinski definition) is 6. The molecule has 1 aliphatic rings. The first-order valence-electron chi connectivity index (χ1n) is 8.09. The van der Waals surface area contributed by atoms with E-state index in [-0.39, 0.29) is 21.6 Å². The minimum atomic E-state index is -0.134. The average Bonchev–Trinajstić information content (AvgIpc) is 2.47. The maximum atomic E-state index is 5.99. The molecule has 0 atom stereocenters. The molecule has 1 saturated heterocycles. The first kappa shape index (κ1) is 19.0. The van der Waals surface area contributed by atoms with E-state index in [4.69, 9.17) is 14.0 Å². The van der Waals surface area contributed by atoms with Gasteiger partial charge in [-0.25, -0.2) is 0 Å². The largest absolute Gasteiger partial charge is 0.461 e. The molecule has 21 heavy (non-hydrogen) atoms. The normalized spacial score (nSPS) is 18.9. The maximum Gasteiger partial charge on any atom is 0.461 e. The third-order valence-electron chi connectivity index (χ3n) is 3.50. The Hall–Kier alpha value is -0.0452. The van der Waals surface area contributed by atoms with Crippen LogP contribution in [-0.2, 0) is 14.0 Å². The Bertz CT molecular complexity index is 237. The van der Waals surface area contributed by atoms with E-state index >= 15 is 0 Å². The molecule has 0 radical (unpaired) electrons. The lowest BCUT2D eigenvalue weighted by Gasteiger charge is -2.47. The van der Waals surface area contributed by atoms with Gasteiger partial charge in [-0.1, -0.05) is 20.8 Å². The summed E-state index contributed by atoms with van der Waals surface area (Å²) >= 11 is 0. The molecule has 0 spiro atoms. The first-order chi connectivity index (χ1) is 10.1. The van der Waals surface area contributed by atoms with Crippen molar-refractivity contribution in [2.24, 2.45) is 0 Å². The van der Waals surface area contributed by atoms with E-state index in [9.17, 15) is 0 Å². The summed E-state index contributed by atoms with van der Waals surface area (Å²) in [4.78, 5) is 0. The van der Waals surface area contributed by atoms with Gasteiger partial charge in [0.05, 0.1) is 0 Å². The Morgan fingerprint density at radius 2 is 0.810 bits per heavy atom. The molecular formula is C12H30B3N3O3. The first-order valence-corrected chi connectivity index (χ1v) is 8.09. The fourth-order valence-corrected chi connectivity index (χ4v) is 2.56. The highest BCUT2D eigenvalue weighted by Gasteiger charge is 2.53. The smallest absolute Gasteiger partial charge is 0.409 e. The minimum Gasteiger partial charge on any atom is -0.409 e. The Balaban J connectivity index is 2.82. The zero-order valence-corrected chi connectivity index (χ0v) is 14.5. The van der Waals surface area contributed by atoms with Crippen LogP contribution in [-0.4, -0.2) is 76.7 Å². The third-order valence-corrected chi connectivity index (χ3v) is 3.50. The van der Waals surface area contributed by atoms with Crippen molar-refractivity contribution in [2.75, 3.05) is 41.0 Å². The molecule has 9 heteroatoms. The van der Waals surface area contributed by atoms with E-state index in [2.05, 4.69) is 34.9 Å². The van der Waals surface area contributed by atoms with Crippen LogP contribution in [0.4, 0.5) is 0 Å².